The summed E-state index contributed by atoms with van der Waals surface area (Å²) < 4.78 is 7.57. The van der Waals surface area contributed by atoms with Crippen LogP contribution < -0.4 is 0 Å². The molecule has 0 fully saturated rings. The molecule has 0 saturated carbocycles. The number of alkyl halides is 1. The van der Waals surface area contributed by atoms with Crippen molar-refractivity contribution in [3.05, 3.63) is 16.4 Å². The molecule has 92 valence electrons. The van der Waals surface area contributed by atoms with E-state index >= 15 is 0 Å². The Bertz CT molecular complexity index is 320. The van der Waals surface area contributed by atoms with Gasteiger partial charge in [-0.15, -0.1) is 11.6 Å². The van der Waals surface area contributed by atoms with Crippen LogP contribution in [0.5, 0.6) is 0 Å². The molecule has 0 bridgehead atoms. The van der Waals surface area contributed by atoms with Gasteiger partial charge in [0.05, 0.1) is 35.6 Å². The van der Waals surface area contributed by atoms with Crippen LogP contribution in [0.3, 0.4) is 0 Å². The molecule has 1 aromatic rings. The Morgan fingerprint density at radius 2 is 2.44 bits per heavy atom. The summed E-state index contributed by atoms with van der Waals surface area (Å²) in [7, 11) is 1.64. The smallest absolute Gasteiger partial charge is 0.0968 e. The maximum atomic E-state index is 10.0. The van der Waals surface area contributed by atoms with Crippen molar-refractivity contribution >= 4 is 27.5 Å². The first-order valence-electron chi connectivity index (χ1n) is 5.14. The lowest BCUT2D eigenvalue weighted by Gasteiger charge is -2.13. The van der Waals surface area contributed by atoms with Crippen molar-refractivity contribution in [3.8, 4) is 0 Å². The molecule has 0 aliphatic carbocycles. The highest BCUT2D eigenvalue weighted by Gasteiger charge is 2.17. The van der Waals surface area contributed by atoms with Gasteiger partial charge in [-0.1, -0.05) is 0 Å². The minimum atomic E-state index is -0.535. The molecule has 0 spiro atoms. The zero-order chi connectivity index (χ0) is 12.0. The molecule has 1 atom stereocenters. The predicted octanol–water partition coefficient (Wildman–Crippen LogP) is 2.34. The van der Waals surface area contributed by atoms with Gasteiger partial charge in [-0.3, -0.25) is 4.68 Å². The van der Waals surface area contributed by atoms with E-state index in [9.17, 15) is 5.11 Å². The summed E-state index contributed by atoms with van der Waals surface area (Å²) >= 11 is 8.99. The SMILES string of the molecule is COCCn1ncc(Br)c1C(O)CCCCl. The lowest BCUT2D eigenvalue weighted by atomic mass is 10.1. The molecule has 0 saturated heterocycles. The number of hydrogen-bond donors (Lipinski definition) is 1. The summed E-state index contributed by atoms with van der Waals surface area (Å²) in [5.74, 6) is 0.556. The second-order valence-electron chi connectivity index (χ2n) is 3.44. The summed E-state index contributed by atoms with van der Waals surface area (Å²) in [5.41, 5.74) is 0.794. The van der Waals surface area contributed by atoms with E-state index in [0.29, 0.717) is 25.5 Å². The van der Waals surface area contributed by atoms with Crippen LogP contribution in [0, 0.1) is 0 Å². The van der Waals surface area contributed by atoms with E-state index in [0.717, 1.165) is 16.6 Å². The predicted molar refractivity (Wildman–Crippen MR) is 66.7 cm³/mol. The molecule has 0 aromatic carbocycles. The first-order valence-corrected chi connectivity index (χ1v) is 6.47. The number of ether oxygens (including phenoxy) is 1. The quantitative estimate of drug-likeness (QED) is 0.786. The Hall–Kier alpha value is -0.100. The fourth-order valence-electron chi connectivity index (χ4n) is 1.47. The Morgan fingerprint density at radius 3 is 3.06 bits per heavy atom. The molecule has 0 radical (unpaired) electrons. The van der Waals surface area contributed by atoms with E-state index in [1.165, 1.54) is 0 Å². The third-order valence-electron chi connectivity index (χ3n) is 2.27. The minimum absolute atomic E-state index is 0.535. The summed E-state index contributed by atoms with van der Waals surface area (Å²) in [6.45, 7) is 1.21. The highest BCUT2D eigenvalue weighted by molar-refractivity contribution is 9.10. The highest BCUT2D eigenvalue weighted by atomic mass is 79.9. The van der Waals surface area contributed by atoms with Gasteiger partial charge in [-0.05, 0) is 28.8 Å². The molecule has 0 aliphatic heterocycles. The summed E-state index contributed by atoms with van der Waals surface area (Å²) in [5, 5.41) is 14.2. The zero-order valence-corrected chi connectivity index (χ0v) is 11.5. The Labute approximate surface area is 109 Å². The molecule has 0 amide bonds. The van der Waals surface area contributed by atoms with Gasteiger partial charge in [0.2, 0.25) is 0 Å². The van der Waals surface area contributed by atoms with Crippen molar-refractivity contribution in [3.63, 3.8) is 0 Å². The van der Waals surface area contributed by atoms with Gasteiger partial charge < -0.3 is 9.84 Å². The molecule has 0 aliphatic rings. The first kappa shape index (κ1) is 14.0. The van der Waals surface area contributed by atoms with Gasteiger partial charge in [-0.2, -0.15) is 5.10 Å². The Morgan fingerprint density at radius 1 is 1.69 bits per heavy atom. The maximum Gasteiger partial charge on any atom is 0.0968 e. The summed E-state index contributed by atoms with van der Waals surface area (Å²) in [4.78, 5) is 0. The number of hydrogen-bond acceptors (Lipinski definition) is 3. The number of aliphatic hydroxyl groups is 1. The average molecular weight is 312 g/mol. The monoisotopic (exact) mass is 310 g/mol. The van der Waals surface area contributed by atoms with Crippen LogP contribution in [0.1, 0.15) is 24.6 Å². The molecule has 1 unspecified atom stereocenters. The molecule has 16 heavy (non-hydrogen) atoms. The second-order valence-corrected chi connectivity index (χ2v) is 4.67. The molecule has 1 N–H and O–H groups in total. The van der Waals surface area contributed by atoms with E-state index in [4.69, 9.17) is 16.3 Å². The van der Waals surface area contributed by atoms with Crippen LogP contribution >= 0.6 is 27.5 Å². The number of halogens is 2. The Kier molecular flexibility index (Phi) is 6.34. The van der Waals surface area contributed by atoms with Crippen LogP contribution in [0.4, 0.5) is 0 Å². The van der Waals surface area contributed by atoms with Crippen molar-refractivity contribution in [2.45, 2.75) is 25.5 Å². The molecule has 4 nitrogen and oxygen atoms in total. The van der Waals surface area contributed by atoms with Gasteiger partial charge >= 0.3 is 0 Å². The highest BCUT2D eigenvalue weighted by Crippen LogP contribution is 2.26. The lowest BCUT2D eigenvalue weighted by Crippen LogP contribution is -2.13. The van der Waals surface area contributed by atoms with E-state index in [2.05, 4.69) is 21.0 Å². The van der Waals surface area contributed by atoms with Crippen molar-refractivity contribution in [2.75, 3.05) is 19.6 Å². The first-order chi connectivity index (χ1) is 7.70. The van der Waals surface area contributed by atoms with E-state index in [-0.39, 0.29) is 0 Å². The number of rotatable bonds is 7. The number of nitrogens with zero attached hydrogens (tertiary/aromatic N) is 2. The molecule has 1 aromatic heterocycles. The number of methoxy groups -OCH3 is 1. The number of aromatic nitrogens is 2. The fraction of sp³-hybridized carbons (Fsp3) is 0.700. The standard InChI is InChI=1S/C10H16BrClN2O2/c1-16-6-5-14-10(8(11)7-13-14)9(15)3-2-4-12/h7,9,15H,2-6H2,1H3. The van der Waals surface area contributed by atoms with Gasteiger partial charge in [0.25, 0.3) is 0 Å². The second kappa shape index (κ2) is 7.27. The third-order valence-corrected chi connectivity index (χ3v) is 3.15. The molecular formula is C10H16BrClN2O2. The van der Waals surface area contributed by atoms with Crippen LogP contribution in [0.2, 0.25) is 0 Å². The van der Waals surface area contributed by atoms with Gasteiger partial charge in [-0.25, -0.2) is 0 Å². The van der Waals surface area contributed by atoms with Crippen LogP contribution in [0.15, 0.2) is 10.7 Å². The zero-order valence-electron chi connectivity index (χ0n) is 9.20. The van der Waals surface area contributed by atoms with Crippen molar-refractivity contribution in [1.82, 2.24) is 9.78 Å². The van der Waals surface area contributed by atoms with E-state index in [1.807, 2.05) is 0 Å². The van der Waals surface area contributed by atoms with Gasteiger partial charge in [0.1, 0.15) is 0 Å². The van der Waals surface area contributed by atoms with Gasteiger partial charge in [0, 0.05) is 13.0 Å². The number of aliphatic hydroxyl groups excluding tert-OH is 1. The molecule has 1 rings (SSSR count). The lowest BCUT2D eigenvalue weighted by molar-refractivity contribution is 0.144. The summed E-state index contributed by atoms with van der Waals surface area (Å²) in [6.07, 6.45) is 2.58. The largest absolute Gasteiger partial charge is 0.387 e. The maximum absolute atomic E-state index is 10.0. The Balaban J connectivity index is 2.71. The van der Waals surface area contributed by atoms with Crippen molar-refractivity contribution < 1.29 is 9.84 Å². The topological polar surface area (TPSA) is 47.3 Å². The van der Waals surface area contributed by atoms with Gasteiger partial charge in [0.15, 0.2) is 0 Å². The molecular weight excluding hydrogens is 295 g/mol. The summed E-state index contributed by atoms with van der Waals surface area (Å²) in [6, 6.07) is 0. The van der Waals surface area contributed by atoms with Crippen LogP contribution in [0.25, 0.3) is 0 Å². The van der Waals surface area contributed by atoms with E-state index in [1.54, 1.807) is 18.0 Å². The normalized spacial score (nSPS) is 13.0. The van der Waals surface area contributed by atoms with E-state index < -0.39 is 6.10 Å². The van der Waals surface area contributed by atoms with Crippen LogP contribution in [-0.4, -0.2) is 34.5 Å². The van der Waals surface area contributed by atoms with Crippen molar-refractivity contribution in [2.24, 2.45) is 0 Å². The molecule has 6 heteroatoms. The van der Waals surface area contributed by atoms with Crippen molar-refractivity contribution in [1.29, 1.82) is 0 Å². The third kappa shape index (κ3) is 3.73. The minimum Gasteiger partial charge on any atom is -0.387 e. The molecule has 1 heterocycles. The fourth-order valence-corrected chi connectivity index (χ4v) is 2.18. The van der Waals surface area contributed by atoms with Crippen LogP contribution in [-0.2, 0) is 11.3 Å². The average Bonchev–Trinajstić information content (AvgIpc) is 2.64.